The van der Waals surface area contributed by atoms with Gasteiger partial charge in [0, 0.05) is 25.0 Å². The van der Waals surface area contributed by atoms with Gasteiger partial charge in [-0.2, -0.15) is 0 Å². The second kappa shape index (κ2) is 5.20. The van der Waals surface area contributed by atoms with E-state index in [1.807, 2.05) is 0 Å². The maximum Gasteiger partial charge on any atom is 0.225 e. The van der Waals surface area contributed by atoms with Crippen molar-refractivity contribution in [2.75, 3.05) is 19.6 Å². The van der Waals surface area contributed by atoms with Crippen molar-refractivity contribution in [2.45, 2.75) is 51.5 Å². The van der Waals surface area contributed by atoms with Gasteiger partial charge in [-0.1, -0.05) is 6.92 Å². The van der Waals surface area contributed by atoms with Crippen molar-refractivity contribution in [3.8, 4) is 0 Å². The van der Waals surface area contributed by atoms with Crippen molar-refractivity contribution < 1.29 is 4.79 Å². The number of rotatable bonds is 1. The Bertz CT molecular complexity index is 296. The highest BCUT2D eigenvalue weighted by atomic mass is 16.2. The molecule has 2 saturated heterocycles. The number of likely N-dealkylation sites (tertiary alicyclic amines) is 1. The lowest BCUT2D eigenvalue weighted by Gasteiger charge is -2.29. The van der Waals surface area contributed by atoms with Crippen LogP contribution in [0.4, 0.5) is 0 Å². The zero-order valence-corrected chi connectivity index (χ0v) is 11.5. The number of nitrogens with one attached hydrogen (secondary N) is 1. The van der Waals surface area contributed by atoms with Gasteiger partial charge in [-0.25, -0.2) is 0 Å². The van der Waals surface area contributed by atoms with Crippen molar-refractivity contribution in [3.05, 3.63) is 0 Å². The van der Waals surface area contributed by atoms with E-state index in [1.165, 1.54) is 25.7 Å². The molecule has 3 fully saturated rings. The smallest absolute Gasteiger partial charge is 0.225 e. The van der Waals surface area contributed by atoms with Crippen LogP contribution in [-0.4, -0.2) is 36.5 Å². The summed E-state index contributed by atoms with van der Waals surface area (Å²) in [5, 5.41) is 3.58. The highest BCUT2D eigenvalue weighted by Gasteiger charge is 2.38. The van der Waals surface area contributed by atoms with E-state index in [9.17, 15) is 4.79 Å². The molecule has 1 aliphatic carbocycles. The fourth-order valence-electron chi connectivity index (χ4n) is 3.99. The average Bonchev–Trinajstić information content (AvgIpc) is 2.82. The molecule has 1 saturated carbocycles. The van der Waals surface area contributed by atoms with Crippen molar-refractivity contribution in [3.63, 3.8) is 0 Å². The SMILES string of the molecule is CC1CCC(C(=O)N2CC3CCCNC3C2)CC1. The summed E-state index contributed by atoms with van der Waals surface area (Å²) in [6.07, 6.45) is 7.33. The molecule has 0 bridgehead atoms. The molecule has 2 aliphatic heterocycles. The Kier molecular flexibility index (Phi) is 3.60. The third-order valence-corrected chi connectivity index (χ3v) is 5.28. The lowest BCUT2D eigenvalue weighted by Crippen LogP contribution is -2.41. The minimum Gasteiger partial charge on any atom is -0.341 e. The lowest BCUT2D eigenvalue weighted by molar-refractivity contribution is -0.135. The van der Waals surface area contributed by atoms with Gasteiger partial charge in [0.2, 0.25) is 5.91 Å². The molecule has 102 valence electrons. The van der Waals surface area contributed by atoms with Crippen LogP contribution in [0.25, 0.3) is 0 Å². The van der Waals surface area contributed by atoms with E-state index in [2.05, 4.69) is 17.1 Å². The molecule has 0 aromatic rings. The van der Waals surface area contributed by atoms with Gasteiger partial charge in [0.1, 0.15) is 0 Å². The number of hydrogen-bond acceptors (Lipinski definition) is 2. The van der Waals surface area contributed by atoms with Crippen molar-refractivity contribution in [1.82, 2.24) is 10.2 Å². The molecule has 1 amide bonds. The van der Waals surface area contributed by atoms with E-state index in [-0.39, 0.29) is 0 Å². The molecule has 2 heterocycles. The zero-order chi connectivity index (χ0) is 12.5. The van der Waals surface area contributed by atoms with Gasteiger partial charge in [-0.15, -0.1) is 0 Å². The van der Waals surface area contributed by atoms with Crippen molar-refractivity contribution in [1.29, 1.82) is 0 Å². The van der Waals surface area contributed by atoms with Crippen molar-refractivity contribution in [2.24, 2.45) is 17.8 Å². The van der Waals surface area contributed by atoms with Gasteiger partial charge >= 0.3 is 0 Å². The van der Waals surface area contributed by atoms with Gasteiger partial charge in [0.15, 0.2) is 0 Å². The Labute approximate surface area is 110 Å². The van der Waals surface area contributed by atoms with E-state index in [4.69, 9.17) is 0 Å². The summed E-state index contributed by atoms with van der Waals surface area (Å²) in [6.45, 7) is 5.44. The van der Waals surface area contributed by atoms with Gasteiger partial charge < -0.3 is 10.2 Å². The van der Waals surface area contributed by atoms with Crippen LogP contribution in [0.2, 0.25) is 0 Å². The molecule has 2 unspecified atom stereocenters. The van der Waals surface area contributed by atoms with Crippen LogP contribution in [0.15, 0.2) is 0 Å². The third kappa shape index (κ3) is 2.42. The Balaban J connectivity index is 1.57. The Hall–Kier alpha value is -0.570. The number of piperidine rings is 1. The zero-order valence-electron chi connectivity index (χ0n) is 11.5. The molecule has 0 spiro atoms. The molecular formula is C15H26N2O. The molecule has 0 aromatic carbocycles. The summed E-state index contributed by atoms with van der Waals surface area (Å²) in [5.74, 6) is 2.35. The largest absolute Gasteiger partial charge is 0.341 e. The first-order valence-corrected chi connectivity index (χ1v) is 7.76. The first kappa shape index (κ1) is 12.5. The molecule has 0 aromatic heterocycles. The van der Waals surface area contributed by atoms with Gasteiger partial charge in [0.05, 0.1) is 0 Å². The number of hydrogen-bond donors (Lipinski definition) is 1. The molecule has 18 heavy (non-hydrogen) atoms. The predicted octanol–water partition coefficient (Wildman–Crippen LogP) is 2.02. The number of carbonyl (C=O) groups excluding carboxylic acids is 1. The van der Waals surface area contributed by atoms with Crippen LogP contribution < -0.4 is 5.32 Å². The maximum absolute atomic E-state index is 12.5. The standard InChI is InChI=1S/C15H26N2O/c1-11-4-6-12(7-5-11)15(18)17-9-13-3-2-8-16-14(13)10-17/h11-14,16H,2-10H2,1H3. The van der Waals surface area contributed by atoms with Gasteiger partial charge in [-0.3, -0.25) is 4.79 Å². The van der Waals surface area contributed by atoms with Gasteiger partial charge in [0.25, 0.3) is 0 Å². The molecule has 2 atom stereocenters. The third-order valence-electron chi connectivity index (χ3n) is 5.28. The highest BCUT2D eigenvalue weighted by Crippen LogP contribution is 2.32. The van der Waals surface area contributed by atoms with Crippen LogP contribution >= 0.6 is 0 Å². The minimum absolute atomic E-state index is 0.335. The Morgan fingerprint density at radius 2 is 1.89 bits per heavy atom. The van der Waals surface area contributed by atoms with Crippen molar-refractivity contribution >= 4 is 5.91 Å². The van der Waals surface area contributed by atoms with Crippen LogP contribution in [-0.2, 0) is 4.79 Å². The summed E-state index contributed by atoms with van der Waals surface area (Å²) in [4.78, 5) is 14.7. The second-order valence-corrected chi connectivity index (χ2v) is 6.66. The first-order chi connectivity index (χ1) is 8.74. The van der Waals surface area contributed by atoms with Crippen LogP contribution in [0.1, 0.15) is 45.4 Å². The van der Waals surface area contributed by atoms with E-state index < -0.39 is 0 Å². The fourth-order valence-corrected chi connectivity index (χ4v) is 3.99. The predicted molar refractivity (Wildman–Crippen MR) is 72.2 cm³/mol. The monoisotopic (exact) mass is 250 g/mol. The highest BCUT2D eigenvalue weighted by molar-refractivity contribution is 5.79. The molecule has 3 aliphatic rings. The van der Waals surface area contributed by atoms with Crippen LogP contribution in [0.5, 0.6) is 0 Å². The maximum atomic E-state index is 12.5. The number of fused-ring (bicyclic) bond motifs is 1. The first-order valence-electron chi connectivity index (χ1n) is 7.76. The minimum atomic E-state index is 0.335. The van der Waals surface area contributed by atoms with Crippen LogP contribution in [0.3, 0.4) is 0 Å². The second-order valence-electron chi connectivity index (χ2n) is 6.66. The Morgan fingerprint density at radius 1 is 1.11 bits per heavy atom. The number of carbonyl (C=O) groups is 1. The van der Waals surface area contributed by atoms with Crippen LogP contribution in [0, 0.1) is 17.8 Å². The molecule has 1 N–H and O–H groups in total. The average molecular weight is 250 g/mol. The summed E-state index contributed by atoms with van der Waals surface area (Å²) in [7, 11) is 0. The number of amides is 1. The molecule has 3 nitrogen and oxygen atoms in total. The van der Waals surface area contributed by atoms with E-state index in [0.29, 0.717) is 17.9 Å². The van der Waals surface area contributed by atoms with Gasteiger partial charge in [-0.05, 0) is 56.9 Å². The summed E-state index contributed by atoms with van der Waals surface area (Å²) >= 11 is 0. The van der Waals surface area contributed by atoms with E-state index in [0.717, 1.165) is 44.3 Å². The van der Waals surface area contributed by atoms with E-state index >= 15 is 0 Å². The summed E-state index contributed by atoms with van der Waals surface area (Å²) < 4.78 is 0. The topological polar surface area (TPSA) is 32.3 Å². The summed E-state index contributed by atoms with van der Waals surface area (Å²) in [5.41, 5.74) is 0. The quantitative estimate of drug-likeness (QED) is 0.772. The lowest BCUT2D eigenvalue weighted by atomic mass is 9.82. The van der Waals surface area contributed by atoms with E-state index in [1.54, 1.807) is 0 Å². The molecule has 0 radical (unpaired) electrons. The molecular weight excluding hydrogens is 224 g/mol. The molecule has 3 heteroatoms. The molecule has 3 rings (SSSR count). The Morgan fingerprint density at radius 3 is 2.61 bits per heavy atom. The fraction of sp³-hybridized carbons (Fsp3) is 0.933. The number of nitrogens with zero attached hydrogens (tertiary/aromatic N) is 1. The summed E-state index contributed by atoms with van der Waals surface area (Å²) in [6, 6.07) is 0.588. The normalized spacial score (nSPS) is 40.6.